The van der Waals surface area contributed by atoms with Gasteiger partial charge in [-0.2, -0.15) is 13.2 Å². The van der Waals surface area contributed by atoms with Crippen molar-refractivity contribution in [2.24, 2.45) is 0 Å². The number of hydrogen-bond acceptors (Lipinski definition) is 6. The van der Waals surface area contributed by atoms with Crippen LogP contribution in [0.2, 0.25) is 0 Å². The fourth-order valence-electron chi connectivity index (χ4n) is 5.81. The van der Waals surface area contributed by atoms with E-state index < -0.39 is 11.9 Å². The molecule has 180 valence electrons. The highest BCUT2D eigenvalue weighted by Gasteiger charge is 2.39. The smallest absolute Gasteiger partial charge is 0.351 e. The van der Waals surface area contributed by atoms with Crippen LogP contribution in [0.25, 0.3) is 33.3 Å². The summed E-state index contributed by atoms with van der Waals surface area (Å²) in [6.07, 6.45) is 6.20. The molecule has 7 rings (SSSR count). The summed E-state index contributed by atoms with van der Waals surface area (Å²) in [5.74, 6) is 1.74. The van der Waals surface area contributed by atoms with Gasteiger partial charge in [0.25, 0.3) is 0 Å². The topological polar surface area (TPSA) is 82.6 Å². The Hall–Kier alpha value is -3.27. The maximum atomic E-state index is 13.4. The molecule has 6 heterocycles. The summed E-state index contributed by atoms with van der Waals surface area (Å²) in [6, 6.07) is 3.56. The van der Waals surface area contributed by atoms with Crippen LogP contribution in [-0.2, 0) is 6.18 Å². The molecule has 3 aliphatic rings. The number of pyridine rings is 2. The zero-order chi connectivity index (χ0) is 23.7. The molecule has 0 aromatic carbocycles. The summed E-state index contributed by atoms with van der Waals surface area (Å²) in [4.78, 5) is 23.3. The molecule has 0 spiro atoms. The molecule has 2 aliphatic heterocycles. The zero-order valence-corrected chi connectivity index (χ0v) is 18.9. The highest BCUT2D eigenvalue weighted by molar-refractivity contribution is 5.97. The van der Waals surface area contributed by atoms with Gasteiger partial charge in [-0.15, -0.1) is 0 Å². The van der Waals surface area contributed by atoms with E-state index in [1.807, 2.05) is 6.20 Å². The first-order chi connectivity index (χ1) is 17.0. The fraction of sp³-hybridized carbons (Fsp3) is 0.440. The van der Waals surface area contributed by atoms with Gasteiger partial charge in [-0.25, -0.2) is 15.0 Å². The number of halogens is 3. The summed E-state index contributed by atoms with van der Waals surface area (Å²) in [7, 11) is 0. The summed E-state index contributed by atoms with van der Waals surface area (Å²) in [5.41, 5.74) is 1.78. The van der Waals surface area contributed by atoms with Gasteiger partial charge in [0.2, 0.25) is 0 Å². The molecule has 2 saturated heterocycles. The van der Waals surface area contributed by atoms with Crippen LogP contribution >= 0.6 is 0 Å². The average Bonchev–Trinajstić information content (AvgIpc) is 3.44. The minimum atomic E-state index is -4.49. The molecule has 2 unspecified atom stereocenters. The Morgan fingerprint density at radius 1 is 1.06 bits per heavy atom. The second-order valence-corrected chi connectivity index (χ2v) is 9.82. The Morgan fingerprint density at radius 2 is 1.94 bits per heavy atom. The highest BCUT2D eigenvalue weighted by Crippen LogP contribution is 2.46. The van der Waals surface area contributed by atoms with E-state index in [9.17, 15) is 13.2 Å². The maximum absolute atomic E-state index is 13.4. The molecular weight excluding hydrogens is 455 g/mol. The molecule has 4 aromatic heterocycles. The van der Waals surface area contributed by atoms with Gasteiger partial charge in [0.05, 0.1) is 11.7 Å². The minimum absolute atomic E-state index is 0.169. The van der Waals surface area contributed by atoms with E-state index in [1.165, 1.54) is 11.8 Å². The fourth-order valence-corrected chi connectivity index (χ4v) is 5.81. The first-order valence-corrected chi connectivity index (χ1v) is 12.2. The van der Waals surface area contributed by atoms with Crippen molar-refractivity contribution in [2.45, 2.75) is 56.3 Å². The van der Waals surface area contributed by atoms with E-state index in [2.05, 4.69) is 25.2 Å². The van der Waals surface area contributed by atoms with Crippen molar-refractivity contribution in [1.82, 2.24) is 30.2 Å². The Labute approximate surface area is 199 Å². The standard InChI is InChI=1S/C25H24F3N7/c26-25(27,28)20-10-15-14(5-8-31-22(15)33-20)23-32-18-12-29-11-16(13-3-4-13)21(18)24(34-23)35-9-6-17-19(35)2-1-7-30-17/h5,8,10-13,17,19,30H,1-4,6-7,9H2,(H,31,33). The van der Waals surface area contributed by atoms with Crippen LogP contribution in [-0.4, -0.2) is 50.1 Å². The predicted octanol–water partition coefficient (Wildman–Crippen LogP) is 4.80. The van der Waals surface area contributed by atoms with Gasteiger partial charge in [-0.05, 0) is 62.3 Å². The van der Waals surface area contributed by atoms with E-state index in [4.69, 9.17) is 9.97 Å². The van der Waals surface area contributed by atoms with Crippen LogP contribution in [0.5, 0.6) is 0 Å². The normalized spacial score (nSPS) is 22.8. The number of piperidine rings is 1. The summed E-state index contributed by atoms with van der Waals surface area (Å²) < 4.78 is 40.2. The van der Waals surface area contributed by atoms with Crippen LogP contribution in [0, 0.1) is 0 Å². The van der Waals surface area contributed by atoms with E-state index in [0.717, 1.165) is 68.0 Å². The number of nitrogens with one attached hydrogen (secondary N) is 2. The van der Waals surface area contributed by atoms with Crippen LogP contribution in [0.3, 0.4) is 0 Å². The van der Waals surface area contributed by atoms with Crippen molar-refractivity contribution in [3.05, 3.63) is 42.0 Å². The van der Waals surface area contributed by atoms with Gasteiger partial charge in [-0.1, -0.05) is 0 Å². The number of rotatable bonds is 3. The summed E-state index contributed by atoms with van der Waals surface area (Å²) in [6.45, 7) is 1.92. The second kappa shape index (κ2) is 7.61. The molecule has 35 heavy (non-hydrogen) atoms. The lowest BCUT2D eigenvalue weighted by Crippen LogP contribution is -2.47. The third kappa shape index (κ3) is 3.45. The van der Waals surface area contributed by atoms with Crippen molar-refractivity contribution in [3.8, 4) is 11.4 Å². The lowest BCUT2D eigenvalue weighted by Gasteiger charge is -2.34. The minimum Gasteiger partial charge on any atom is -0.351 e. The van der Waals surface area contributed by atoms with Crippen molar-refractivity contribution in [3.63, 3.8) is 0 Å². The van der Waals surface area contributed by atoms with Crippen molar-refractivity contribution in [1.29, 1.82) is 0 Å². The zero-order valence-electron chi connectivity index (χ0n) is 18.9. The lowest BCUT2D eigenvalue weighted by molar-refractivity contribution is -0.140. The van der Waals surface area contributed by atoms with E-state index in [1.54, 1.807) is 12.3 Å². The monoisotopic (exact) mass is 479 g/mol. The molecule has 10 heteroatoms. The van der Waals surface area contributed by atoms with Gasteiger partial charge in [-0.3, -0.25) is 4.98 Å². The number of alkyl halides is 3. The van der Waals surface area contributed by atoms with E-state index >= 15 is 0 Å². The molecule has 2 N–H and O–H groups in total. The van der Waals surface area contributed by atoms with Gasteiger partial charge in [0.15, 0.2) is 5.82 Å². The molecular formula is C25H24F3N7. The van der Waals surface area contributed by atoms with E-state index in [0.29, 0.717) is 34.8 Å². The SMILES string of the molecule is FC(F)(F)c1cc2c(-c3nc(N4CCC5NCCCC54)c4c(C5CC5)cncc4n3)ccnc2[nH]1. The molecule has 3 fully saturated rings. The number of H-pyrrole nitrogens is 1. The summed E-state index contributed by atoms with van der Waals surface area (Å²) in [5, 5.41) is 5.04. The first-order valence-electron chi connectivity index (χ1n) is 12.2. The first kappa shape index (κ1) is 21.0. The van der Waals surface area contributed by atoms with E-state index in [-0.39, 0.29) is 5.65 Å². The van der Waals surface area contributed by atoms with Crippen molar-refractivity contribution < 1.29 is 13.2 Å². The number of aromatic nitrogens is 5. The molecule has 1 aliphatic carbocycles. The Bertz CT molecular complexity index is 1440. The van der Waals surface area contributed by atoms with Crippen molar-refractivity contribution in [2.75, 3.05) is 18.0 Å². The maximum Gasteiger partial charge on any atom is 0.431 e. The molecule has 0 radical (unpaired) electrons. The van der Waals surface area contributed by atoms with Crippen LogP contribution in [0.4, 0.5) is 19.0 Å². The highest BCUT2D eigenvalue weighted by atomic mass is 19.4. The summed E-state index contributed by atoms with van der Waals surface area (Å²) >= 11 is 0. The second-order valence-electron chi connectivity index (χ2n) is 9.82. The molecule has 0 bridgehead atoms. The Balaban J connectivity index is 1.45. The van der Waals surface area contributed by atoms with Crippen LogP contribution in [0.15, 0.2) is 30.7 Å². The number of anilines is 1. The third-order valence-corrected chi connectivity index (χ3v) is 7.61. The van der Waals surface area contributed by atoms with Gasteiger partial charge in [0, 0.05) is 47.4 Å². The number of aromatic amines is 1. The van der Waals surface area contributed by atoms with Gasteiger partial charge < -0.3 is 15.2 Å². The largest absolute Gasteiger partial charge is 0.431 e. The third-order valence-electron chi connectivity index (χ3n) is 7.61. The quantitative estimate of drug-likeness (QED) is 0.440. The predicted molar refractivity (Wildman–Crippen MR) is 126 cm³/mol. The van der Waals surface area contributed by atoms with Crippen LogP contribution < -0.4 is 10.2 Å². The Morgan fingerprint density at radius 3 is 2.77 bits per heavy atom. The van der Waals surface area contributed by atoms with Gasteiger partial charge >= 0.3 is 6.18 Å². The molecule has 4 aromatic rings. The molecule has 2 atom stereocenters. The van der Waals surface area contributed by atoms with Gasteiger partial charge in [0.1, 0.15) is 17.2 Å². The number of fused-ring (bicyclic) bond motifs is 3. The van der Waals surface area contributed by atoms with Crippen LogP contribution in [0.1, 0.15) is 49.3 Å². The molecule has 1 saturated carbocycles. The molecule has 0 amide bonds. The Kier molecular flexibility index (Phi) is 4.58. The lowest BCUT2D eigenvalue weighted by atomic mass is 9.99. The number of nitrogens with zero attached hydrogens (tertiary/aromatic N) is 5. The average molecular weight is 480 g/mol. The molecule has 7 nitrogen and oxygen atoms in total. The number of hydrogen-bond donors (Lipinski definition) is 2. The van der Waals surface area contributed by atoms with Crippen molar-refractivity contribution >= 4 is 27.8 Å².